The quantitative estimate of drug-likeness (QED) is 0.898. The fraction of sp³-hybridized carbons (Fsp3) is 0.714. The molecular weight excluding hydrogens is 240 g/mol. The zero-order chi connectivity index (χ0) is 13.4. The Kier molecular flexibility index (Phi) is 3.31. The molecule has 0 aliphatic carbocycles. The van der Waals surface area contributed by atoms with Gasteiger partial charge in [0.1, 0.15) is 0 Å². The zero-order valence-electron chi connectivity index (χ0n) is 11.6. The molecule has 2 aliphatic heterocycles. The Morgan fingerprint density at radius 2 is 2.00 bits per heavy atom. The number of ether oxygens (including phenoxy) is 1. The first-order valence-corrected chi connectivity index (χ1v) is 7.17. The van der Waals surface area contributed by atoms with Crippen LogP contribution in [0, 0.1) is 0 Å². The second kappa shape index (κ2) is 4.96. The molecule has 2 fully saturated rings. The monoisotopic (exact) mass is 262 g/mol. The molecule has 3 rings (SSSR count). The predicted octanol–water partition coefficient (Wildman–Crippen LogP) is 1.72. The number of piperidine rings is 1. The first-order chi connectivity index (χ1) is 9.13. The van der Waals surface area contributed by atoms with Gasteiger partial charge in [0.15, 0.2) is 0 Å². The molecule has 2 atom stereocenters. The Hall–Kier alpha value is -1.36. The summed E-state index contributed by atoms with van der Waals surface area (Å²) >= 11 is 0. The summed E-state index contributed by atoms with van der Waals surface area (Å²) < 4.78 is 5.66. The fourth-order valence-electron chi connectivity index (χ4n) is 3.31. The van der Waals surface area contributed by atoms with Crippen LogP contribution < -0.4 is 15.4 Å². The van der Waals surface area contributed by atoms with Gasteiger partial charge in [-0.2, -0.15) is 4.98 Å². The Labute approximate surface area is 114 Å². The highest BCUT2D eigenvalue weighted by atomic mass is 16.5. The molecule has 19 heavy (non-hydrogen) atoms. The second-order valence-corrected chi connectivity index (χ2v) is 5.89. The van der Waals surface area contributed by atoms with Crippen LogP contribution in [0.3, 0.4) is 0 Å². The van der Waals surface area contributed by atoms with E-state index in [4.69, 9.17) is 10.5 Å². The molecule has 2 N–H and O–H groups in total. The van der Waals surface area contributed by atoms with Gasteiger partial charge in [-0.1, -0.05) is 0 Å². The van der Waals surface area contributed by atoms with Crippen LogP contribution in [0.4, 0.5) is 5.95 Å². The predicted molar refractivity (Wildman–Crippen MR) is 74.3 cm³/mol. The maximum atomic E-state index is 6.10. The van der Waals surface area contributed by atoms with Gasteiger partial charge in [-0.05, 0) is 39.5 Å². The number of aromatic nitrogens is 2. The number of anilines is 1. The van der Waals surface area contributed by atoms with Gasteiger partial charge in [0.2, 0.25) is 11.8 Å². The molecule has 0 spiro atoms. The molecule has 5 nitrogen and oxygen atoms in total. The van der Waals surface area contributed by atoms with E-state index in [2.05, 4.69) is 14.9 Å². The largest absolute Gasteiger partial charge is 0.475 e. The van der Waals surface area contributed by atoms with Crippen molar-refractivity contribution in [3.63, 3.8) is 0 Å². The van der Waals surface area contributed by atoms with Crippen molar-refractivity contribution in [2.45, 2.75) is 63.8 Å². The van der Waals surface area contributed by atoms with Crippen molar-refractivity contribution < 1.29 is 4.74 Å². The van der Waals surface area contributed by atoms with Crippen LogP contribution in [0.5, 0.6) is 5.88 Å². The maximum absolute atomic E-state index is 6.10. The molecule has 0 radical (unpaired) electrons. The molecule has 1 aromatic rings. The van der Waals surface area contributed by atoms with E-state index >= 15 is 0 Å². The van der Waals surface area contributed by atoms with Crippen LogP contribution in [-0.2, 0) is 0 Å². The molecule has 3 heterocycles. The second-order valence-electron chi connectivity index (χ2n) is 5.89. The molecule has 2 saturated heterocycles. The average Bonchev–Trinajstić information content (AvgIpc) is 2.61. The van der Waals surface area contributed by atoms with Gasteiger partial charge in [-0.15, -0.1) is 0 Å². The van der Waals surface area contributed by atoms with E-state index in [0.717, 1.165) is 18.8 Å². The molecular formula is C14H22N4O. The fourth-order valence-corrected chi connectivity index (χ4v) is 3.31. The first-order valence-electron chi connectivity index (χ1n) is 7.17. The SMILES string of the molecule is CC(C)Oc1ccnc(N2C3CCC2CC(N)C3)n1. The van der Waals surface area contributed by atoms with Crippen molar-refractivity contribution in [3.8, 4) is 5.88 Å². The number of rotatable bonds is 3. The third-order valence-electron chi connectivity index (χ3n) is 3.97. The average molecular weight is 262 g/mol. The maximum Gasteiger partial charge on any atom is 0.229 e. The van der Waals surface area contributed by atoms with Crippen molar-refractivity contribution in [3.05, 3.63) is 12.3 Å². The smallest absolute Gasteiger partial charge is 0.229 e. The lowest BCUT2D eigenvalue weighted by molar-refractivity contribution is 0.232. The summed E-state index contributed by atoms with van der Waals surface area (Å²) in [6.07, 6.45) is 6.43. The van der Waals surface area contributed by atoms with Crippen molar-refractivity contribution >= 4 is 5.95 Å². The Morgan fingerprint density at radius 3 is 2.63 bits per heavy atom. The van der Waals surface area contributed by atoms with E-state index in [0.29, 0.717) is 24.0 Å². The van der Waals surface area contributed by atoms with Crippen LogP contribution >= 0.6 is 0 Å². The molecule has 0 amide bonds. The summed E-state index contributed by atoms with van der Waals surface area (Å²) in [7, 11) is 0. The van der Waals surface area contributed by atoms with Gasteiger partial charge < -0.3 is 15.4 Å². The third kappa shape index (κ3) is 2.52. The normalized spacial score (nSPS) is 29.9. The standard InChI is InChI=1S/C14H22N4O/c1-9(2)19-13-5-6-16-14(17-13)18-11-3-4-12(18)8-10(15)7-11/h5-6,9-12H,3-4,7-8,15H2,1-2H3. The minimum Gasteiger partial charge on any atom is -0.475 e. The lowest BCUT2D eigenvalue weighted by Gasteiger charge is -2.37. The van der Waals surface area contributed by atoms with Crippen LogP contribution in [0.15, 0.2) is 12.3 Å². The van der Waals surface area contributed by atoms with Gasteiger partial charge in [-0.25, -0.2) is 4.98 Å². The summed E-state index contributed by atoms with van der Waals surface area (Å²) in [5, 5.41) is 0. The molecule has 2 aliphatic rings. The number of hydrogen-bond donors (Lipinski definition) is 1. The molecule has 0 aromatic carbocycles. The van der Waals surface area contributed by atoms with E-state index in [-0.39, 0.29) is 6.10 Å². The first kappa shape index (κ1) is 12.7. The van der Waals surface area contributed by atoms with Gasteiger partial charge in [0, 0.05) is 30.4 Å². The Bertz CT molecular complexity index is 437. The van der Waals surface area contributed by atoms with Crippen LogP contribution in [0.1, 0.15) is 39.5 Å². The van der Waals surface area contributed by atoms with Gasteiger partial charge >= 0.3 is 0 Å². The van der Waals surface area contributed by atoms with Crippen LogP contribution in [0.25, 0.3) is 0 Å². The summed E-state index contributed by atoms with van der Waals surface area (Å²) in [6, 6.07) is 3.16. The van der Waals surface area contributed by atoms with Crippen molar-refractivity contribution in [1.82, 2.24) is 9.97 Å². The number of hydrogen-bond acceptors (Lipinski definition) is 5. The Balaban J connectivity index is 1.82. The molecule has 0 saturated carbocycles. The van der Waals surface area contributed by atoms with E-state index in [1.807, 2.05) is 19.9 Å². The number of nitrogens with two attached hydrogens (primary N) is 1. The summed E-state index contributed by atoms with van der Waals surface area (Å²) in [5.74, 6) is 1.46. The highest BCUT2D eigenvalue weighted by Gasteiger charge is 2.41. The van der Waals surface area contributed by atoms with Crippen LogP contribution in [-0.4, -0.2) is 34.2 Å². The number of fused-ring (bicyclic) bond motifs is 2. The van der Waals surface area contributed by atoms with Gasteiger partial charge in [0.25, 0.3) is 0 Å². The molecule has 104 valence electrons. The highest BCUT2D eigenvalue weighted by molar-refractivity contribution is 5.39. The Morgan fingerprint density at radius 1 is 1.32 bits per heavy atom. The summed E-state index contributed by atoms with van der Waals surface area (Å²) in [5.41, 5.74) is 6.10. The summed E-state index contributed by atoms with van der Waals surface area (Å²) in [4.78, 5) is 11.3. The van der Waals surface area contributed by atoms with E-state index in [9.17, 15) is 0 Å². The van der Waals surface area contributed by atoms with Gasteiger partial charge in [0.05, 0.1) is 6.10 Å². The minimum atomic E-state index is 0.134. The molecule has 2 unspecified atom stereocenters. The van der Waals surface area contributed by atoms with E-state index < -0.39 is 0 Å². The van der Waals surface area contributed by atoms with Crippen molar-refractivity contribution in [2.24, 2.45) is 5.73 Å². The summed E-state index contributed by atoms with van der Waals surface area (Å²) in [6.45, 7) is 4.01. The van der Waals surface area contributed by atoms with E-state index in [1.54, 1.807) is 6.20 Å². The number of nitrogens with zero attached hydrogens (tertiary/aromatic N) is 3. The minimum absolute atomic E-state index is 0.134. The lowest BCUT2D eigenvalue weighted by Crippen LogP contribution is -2.48. The molecule has 5 heteroatoms. The van der Waals surface area contributed by atoms with Gasteiger partial charge in [-0.3, -0.25) is 0 Å². The topological polar surface area (TPSA) is 64.3 Å². The zero-order valence-corrected chi connectivity index (χ0v) is 11.6. The lowest BCUT2D eigenvalue weighted by atomic mass is 9.99. The molecule has 1 aromatic heterocycles. The van der Waals surface area contributed by atoms with E-state index in [1.165, 1.54) is 12.8 Å². The van der Waals surface area contributed by atoms with Crippen LogP contribution in [0.2, 0.25) is 0 Å². The highest BCUT2D eigenvalue weighted by Crippen LogP contribution is 2.37. The van der Waals surface area contributed by atoms with Crippen molar-refractivity contribution in [2.75, 3.05) is 4.90 Å². The molecule has 2 bridgehead atoms. The van der Waals surface area contributed by atoms with Crippen molar-refractivity contribution in [1.29, 1.82) is 0 Å². The third-order valence-corrected chi connectivity index (χ3v) is 3.97.